The van der Waals surface area contributed by atoms with Gasteiger partial charge in [-0.05, 0) is 35.1 Å². The van der Waals surface area contributed by atoms with E-state index in [4.69, 9.17) is 4.74 Å². The molecule has 2 aromatic carbocycles. The third-order valence-electron chi connectivity index (χ3n) is 4.15. The molecule has 1 aliphatic heterocycles. The number of carbonyl (C=O) groups is 1. The van der Waals surface area contributed by atoms with Gasteiger partial charge in [0.25, 0.3) is 0 Å². The molecule has 0 aliphatic carbocycles. The molecule has 2 heteroatoms. The van der Waals surface area contributed by atoms with Crippen LogP contribution in [0.4, 0.5) is 0 Å². The van der Waals surface area contributed by atoms with E-state index in [0.717, 1.165) is 11.1 Å². The first kappa shape index (κ1) is 13.9. The van der Waals surface area contributed by atoms with Crippen LogP contribution in [0, 0.1) is 6.92 Å². The van der Waals surface area contributed by atoms with Gasteiger partial charge in [-0.25, -0.2) is 0 Å². The standard InChI is InChI=1S/C19H20O2/c1-12-14(19(2,3)4)10-11-15-16(12)17(18(20)21-15)13-8-6-5-7-9-13/h5-11,17H,1-4H3. The van der Waals surface area contributed by atoms with E-state index in [1.54, 1.807) is 0 Å². The molecule has 0 N–H and O–H groups in total. The van der Waals surface area contributed by atoms with Gasteiger partial charge in [-0.1, -0.05) is 57.2 Å². The lowest BCUT2D eigenvalue weighted by Crippen LogP contribution is -2.15. The lowest BCUT2D eigenvalue weighted by atomic mass is 9.79. The number of benzene rings is 2. The smallest absolute Gasteiger partial charge is 0.323 e. The summed E-state index contributed by atoms with van der Waals surface area (Å²) in [7, 11) is 0. The van der Waals surface area contributed by atoms with E-state index in [2.05, 4.69) is 33.8 Å². The second kappa shape index (κ2) is 4.73. The highest BCUT2D eigenvalue weighted by Crippen LogP contribution is 2.44. The summed E-state index contributed by atoms with van der Waals surface area (Å²) in [4.78, 5) is 12.3. The van der Waals surface area contributed by atoms with E-state index in [1.165, 1.54) is 11.1 Å². The fourth-order valence-electron chi connectivity index (χ4n) is 3.20. The van der Waals surface area contributed by atoms with Crippen molar-refractivity contribution < 1.29 is 9.53 Å². The molecule has 0 spiro atoms. The van der Waals surface area contributed by atoms with Crippen LogP contribution in [0.3, 0.4) is 0 Å². The first-order valence-corrected chi connectivity index (χ1v) is 7.30. The Morgan fingerprint density at radius 3 is 2.29 bits per heavy atom. The molecule has 0 fully saturated rings. The molecule has 1 aliphatic rings. The Labute approximate surface area is 125 Å². The van der Waals surface area contributed by atoms with Crippen LogP contribution in [-0.4, -0.2) is 5.97 Å². The molecular weight excluding hydrogens is 260 g/mol. The van der Waals surface area contributed by atoms with Crippen LogP contribution in [0.5, 0.6) is 5.75 Å². The van der Waals surface area contributed by atoms with Crippen LogP contribution < -0.4 is 4.74 Å². The highest BCUT2D eigenvalue weighted by Gasteiger charge is 2.37. The zero-order valence-electron chi connectivity index (χ0n) is 12.9. The van der Waals surface area contributed by atoms with Crippen molar-refractivity contribution in [3.63, 3.8) is 0 Å². The Morgan fingerprint density at radius 1 is 1.00 bits per heavy atom. The van der Waals surface area contributed by atoms with E-state index >= 15 is 0 Å². The van der Waals surface area contributed by atoms with E-state index < -0.39 is 0 Å². The van der Waals surface area contributed by atoms with Gasteiger partial charge < -0.3 is 4.74 Å². The molecular formula is C19H20O2. The summed E-state index contributed by atoms with van der Waals surface area (Å²) in [6, 6.07) is 13.9. The van der Waals surface area contributed by atoms with Crippen molar-refractivity contribution in [2.75, 3.05) is 0 Å². The lowest BCUT2D eigenvalue weighted by molar-refractivity contribution is -0.133. The number of fused-ring (bicyclic) bond motifs is 1. The van der Waals surface area contributed by atoms with Crippen molar-refractivity contribution in [3.8, 4) is 5.75 Å². The summed E-state index contributed by atoms with van der Waals surface area (Å²) >= 11 is 0. The minimum absolute atomic E-state index is 0.0476. The molecule has 0 bridgehead atoms. The molecule has 2 aromatic rings. The zero-order valence-corrected chi connectivity index (χ0v) is 12.9. The van der Waals surface area contributed by atoms with Crippen molar-refractivity contribution in [1.29, 1.82) is 0 Å². The van der Waals surface area contributed by atoms with Crippen LogP contribution in [0.15, 0.2) is 42.5 Å². The predicted octanol–water partition coefficient (Wildman–Crippen LogP) is 4.34. The number of hydrogen-bond acceptors (Lipinski definition) is 2. The maximum absolute atomic E-state index is 12.3. The summed E-state index contributed by atoms with van der Waals surface area (Å²) < 4.78 is 5.48. The molecule has 3 rings (SSSR count). The fraction of sp³-hybridized carbons (Fsp3) is 0.316. The molecule has 108 valence electrons. The summed E-state index contributed by atoms with van der Waals surface area (Å²) in [6.45, 7) is 8.67. The fourth-order valence-corrected chi connectivity index (χ4v) is 3.20. The highest BCUT2D eigenvalue weighted by atomic mass is 16.5. The summed E-state index contributed by atoms with van der Waals surface area (Å²) in [5.74, 6) is 0.230. The molecule has 0 amide bonds. The Hall–Kier alpha value is -2.09. The van der Waals surface area contributed by atoms with Gasteiger partial charge in [-0.15, -0.1) is 0 Å². The monoisotopic (exact) mass is 280 g/mol. The molecule has 0 saturated heterocycles. The van der Waals surface area contributed by atoms with E-state index in [-0.39, 0.29) is 17.3 Å². The Balaban J connectivity index is 2.20. The minimum Gasteiger partial charge on any atom is -0.425 e. The Morgan fingerprint density at radius 2 is 1.67 bits per heavy atom. The van der Waals surface area contributed by atoms with E-state index in [0.29, 0.717) is 5.75 Å². The third-order valence-corrected chi connectivity index (χ3v) is 4.15. The van der Waals surface area contributed by atoms with Crippen LogP contribution in [-0.2, 0) is 10.2 Å². The van der Waals surface area contributed by atoms with Crippen LogP contribution in [0.25, 0.3) is 0 Å². The first-order valence-electron chi connectivity index (χ1n) is 7.30. The maximum Gasteiger partial charge on any atom is 0.323 e. The maximum atomic E-state index is 12.3. The van der Waals surface area contributed by atoms with Gasteiger partial charge >= 0.3 is 5.97 Å². The van der Waals surface area contributed by atoms with E-state index in [1.807, 2.05) is 36.4 Å². The van der Waals surface area contributed by atoms with Gasteiger partial charge in [0, 0.05) is 5.56 Å². The van der Waals surface area contributed by atoms with Gasteiger partial charge in [0.15, 0.2) is 0 Å². The molecule has 21 heavy (non-hydrogen) atoms. The highest BCUT2D eigenvalue weighted by molar-refractivity contribution is 5.90. The van der Waals surface area contributed by atoms with Gasteiger partial charge in [-0.2, -0.15) is 0 Å². The SMILES string of the molecule is Cc1c(C(C)(C)C)ccc2c1C(c1ccccc1)C(=O)O2. The second-order valence-corrected chi connectivity index (χ2v) is 6.66. The average Bonchev–Trinajstić information content (AvgIpc) is 2.75. The quantitative estimate of drug-likeness (QED) is 0.573. The topological polar surface area (TPSA) is 26.3 Å². The van der Waals surface area contributed by atoms with Crippen LogP contribution >= 0.6 is 0 Å². The molecule has 0 saturated carbocycles. The van der Waals surface area contributed by atoms with Gasteiger partial charge in [0.05, 0.1) is 0 Å². The van der Waals surface area contributed by atoms with E-state index in [9.17, 15) is 4.79 Å². The third kappa shape index (κ3) is 2.25. The van der Waals surface area contributed by atoms with Crippen LogP contribution in [0.1, 0.15) is 48.9 Å². The van der Waals surface area contributed by atoms with Gasteiger partial charge in [-0.3, -0.25) is 4.79 Å². The largest absolute Gasteiger partial charge is 0.425 e. The first-order chi connectivity index (χ1) is 9.89. The molecule has 0 radical (unpaired) electrons. The predicted molar refractivity (Wildman–Crippen MR) is 83.8 cm³/mol. The van der Waals surface area contributed by atoms with Crippen molar-refractivity contribution in [1.82, 2.24) is 0 Å². The van der Waals surface area contributed by atoms with Crippen LogP contribution in [0.2, 0.25) is 0 Å². The molecule has 1 atom stereocenters. The van der Waals surface area contributed by atoms with Crippen molar-refractivity contribution in [2.45, 2.75) is 39.0 Å². The van der Waals surface area contributed by atoms with Crippen molar-refractivity contribution >= 4 is 5.97 Å². The second-order valence-electron chi connectivity index (χ2n) is 6.66. The number of ether oxygens (including phenoxy) is 1. The Bertz CT molecular complexity index is 693. The summed E-state index contributed by atoms with van der Waals surface area (Å²) in [6.07, 6.45) is 0. The zero-order chi connectivity index (χ0) is 15.2. The Kier molecular flexibility index (Phi) is 3.12. The summed E-state index contributed by atoms with van der Waals surface area (Å²) in [5.41, 5.74) is 4.50. The lowest BCUT2D eigenvalue weighted by Gasteiger charge is -2.24. The molecule has 1 heterocycles. The van der Waals surface area contributed by atoms with Gasteiger partial charge in [0.2, 0.25) is 0 Å². The number of rotatable bonds is 1. The summed E-state index contributed by atoms with van der Waals surface area (Å²) in [5, 5.41) is 0. The minimum atomic E-state index is -0.302. The molecule has 1 unspecified atom stereocenters. The molecule has 0 aromatic heterocycles. The van der Waals surface area contributed by atoms with Crippen molar-refractivity contribution in [3.05, 3.63) is 64.7 Å². The van der Waals surface area contributed by atoms with Crippen molar-refractivity contribution in [2.24, 2.45) is 0 Å². The molecule has 2 nitrogen and oxygen atoms in total. The normalized spacial score (nSPS) is 17.5. The number of hydrogen-bond donors (Lipinski definition) is 0. The number of esters is 1. The average molecular weight is 280 g/mol. The van der Waals surface area contributed by atoms with Gasteiger partial charge in [0.1, 0.15) is 11.7 Å². The number of carbonyl (C=O) groups excluding carboxylic acids is 1.